The Hall–Kier alpha value is -15.7. The fourth-order valence-electron chi connectivity index (χ4n) is 15.2. The molecule has 0 spiro atoms. The van der Waals surface area contributed by atoms with Crippen LogP contribution in [0.3, 0.4) is 0 Å². The van der Waals surface area contributed by atoms with E-state index in [0.717, 1.165) is 27.8 Å². The van der Waals surface area contributed by atoms with Crippen LogP contribution >= 0.6 is 0 Å². The number of hydrogen-bond donors (Lipinski definition) is 8. The quantitative estimate of drug-likeness (QED) is 0.0100. The number of carbonyl (C=O) groups is 10. The number of rotatable bonds is 40. The molecule has 1 aliphatic rings. The van der Waals surface area contributed by atoms with Crippen LogP contribution in [0.2, 0.25) is 0 Å². The molecule has 24 nitrogen and oxygen atoms in total. The number of anilines is 1. The van der Waals surface area contributed by atoms with Crippen molar-refractivity contribution in [1.29, 1.82) is 0 Å². The van der Waals surface area contributed by atoms with Gasteiger partial charge in [0.15, 0.2) is 12.2 Å². The Morgan fingerprint density at radius 3 is 1.37 bits per heavy atom. The zero-order valence-corrected chi connectivity index (χ0v) is 69.3. The molecule has 0 saturated heterocycles. The van der Waals surface area contributed by atoms with Crippen LogP contribution in [0.1, 0.15) is 86.4 Å². The van der Waals surface area contributed by atoms with Gasteiger partial charge in [-0.15, -0.1) is 0 Å². The lowest BCUT2D eigenvalue weighted by Gasteiger charge is -2.35. The van der Waals surface area contributed by atoms with Crippen LogP contribution in [0.4, 0.5) is 10.5 Å². The third-order valence-corrected chi connectivity index (χ3v) is 21.7. The summed E-state index contributed by atoms with van der Waals surface area (Å²) in [5.74, 6) is -7.29. The second kappa shape index (κ2) is 43.4. The van der Waals surface area contributed by atoms with Crippen molar-refractivity contribution in [2.24, 2.45) is 0 Å². The number of nitrogens with one attached hydrogen (secondary N) is 8. The minimum absolute atomic E-state index is 0.00122. The Morgan fingerprint density at radius 1 is 0.362 bits per heavy atom. The SMILES string of the molecule is O=C(COc1ccc(NC(=O)[C@H](Cc2ccc(OCc3ccccc3)cc2)NC(=O)OCC2c3ccccc3-c3ccccc32)cc1)N[C@@H](CCC(=O)OC(c1ccccc1)(c1ccccc1)c1ccccc1)C(=O)N[C@@H](Cc1c[nH]c2ccccc12)C(=O)N[C@@H](CC(=O)OCc1ccccc1)C(=O)N[C@@H](Cc1ccccc1)C(=O)NCC(=O)OCc1ccccc1. The van der Waals surface area contributed by atoms with Gasteiger partial charge in [-0.05, 0) is 105 Å². The minimum Gasteiger partial charge on any atom is -0.489 e. The highest BCUT2D eigenvalue weighted by Crippen LogP contribution is 2.45. The summed E-state index contributed by atoms with van der Waals surface area (Å²) in [7, 11) is 0. The van der Waals surface area contributed by atoms with Gasteiger partial charge in [0.05, 0.1) is 6.42 Å². The highest BCUT2D eigenvalue weighted by atomic mass is 16.6. The first-order valence-electron chi connectivity index (χ1n) is 41.8. The van der Waals surface area contributed by atoms with Crippen LogP contribution in [-0.2, 0) is 107 Å². The molecule has 1 aliphatic carbocycles. The maximum Gasteiger partial charge on any atom is 0.407 e. The molecule has 14 rings (SSSR count). The molecule has 12 aromatic carbocycles. The third-order valence-electron chi connectivity index (χ3n) is 21.7. The molecule has 1 heterocycles. The number of carbonyl (C=O) groups excluding carboxylic acids is 10. The molecule has 0 radical (unpaired) electrons. The van der Waals surface area contributed by atoms with Gasteiger partial charge in [0.25, 0.3) is 5.91 Å². The number of para-hydroxylation sites is 1. The largest absolute Gasteiger partial charge is 0.489 e. The normalized spacial score (nSPS) is 12.6. The summed E-state index contributed by atoms with van der Waals surface area (Å²) >= 11 is 0. The van der Waals surface area contributed by atoms with Crippen LogP contribution in [0.25, 0.3) is 22.0 Å². The third kappa shape index (κ3) is 24.0. The summed E-state index contributed by atoms with van der Waals surface area (Å²) in [6, 6.07) is 92.2. The van der Waals surface area contributed by atoms with Gasteiger partial charge in [-0.2, -0.15) is 0 Å². The molecule has 8 N–H and O–H groups in total. The summed E-state index contributed by atoms with van der Waals surface area (Å²) in [5, 5.41) is 19.9. The van der Waals surface area contributed by atoms with Gasteiger partial charge in [0.1, 0.15) is 74.7 Å². The molecule has 0 unspecified atom stereocenters. The van der Waals surface area contributed by atoms with Crippen molar-refractivity contribution in [3.05, 3.63) is 401 Å². The smallest absolute Gasteiger partial charge is 0.407 e. The number of fused-ring (bicyclic) bond motifs is 4. The van der Waals surface area contributed by atoms with Gasteiger partial charge < -0.3 is 70.6 Å². The summed E-state index contributed by atoms with van der Waals surface area (Å²) in [6.45, 7) is -1.26. The Kier molecular flexibility index (Phi) is 29.9. The number of H-pyrrole nitrogens is 1. The fraction of sp³-hybridized carbons (Fsp3) is 0.184. The van der Waals surface area contributed by atoms with Gasteiger partial charge >= 0.3 is 24.0 Å². The summed E-state index contributed by atoms with van der Waals surface area (Å²) in [6.07, 6.45) is -1.28. The van der Waals surface area contributed by atoms with E-state index in [2.05, 4.69) is 42.2 Å². The highest BCUT2D eigenvalue weighted by Gasteiger charge is 2.42. The van der Waals surface area contributed by atoms with E-state index >= 15 is 19.2 Å². The van der Waals surface area contributed by atoms with E-state index in [1.165, 1.54) is 24.3 Å². The van der Waals surface area contributed by atoms with E-state index < -0.39 is 128 Å². The minimum atomic E-state index is -1.82. The Labute approximate surface area is 734 Å². The van der Waals surface area contributed by atoms with Crippen molar-refractivity contribution in [3.8, 4) is 22.6 Å². The fourth-order valence-corrected chi connectivity index (χ4v) is 15.2. The number of benzene rings is 12. The molecular weight excluding hydrogens is 1610 g/mol. The number of hydrogen-bond acceptors (Lipinski definition) is 16. The summed E-state index contributed by atoms with van der Waals surface area (Å²) in [5.41, 5.74) is 9.45. The Bertz CT molecular complexity index is 5780. The average Bonchev–Trinajstić information content (AvgIpc) is 1.66. The molecule has 0 aliphatic heterocycles. The van der Waals surface area contributed by atoms with Crippen molar-refractivity contribution in [1.82, 2.24) is 36.9 Å². The average molecular weight is 1700 g/mol. The molecule has 1 aromatic heterocycles. The molecule has 0 bridgehead atoms. The van der Waals surface area contributed by atoms with E-state index in [9.17, 15) is 28.8 Å². The van der Waals surface area contributed by atoms with E-state index in [1.54, 1.807) is 121 Å². The summed E-state index contributed by atoms with van der Waals surface area (Å²) in [4.78, 5) is 149. The van der Waals surface area contributed by atoms with Crippen molar-refractivity contribution in [3.63, 3.8) is 0 Å². The molecular formula is C103H94N8O16. The zero-order valence-electron chi connectivity index (χ0n) is 69.3. The van der Waals surface area contributed by atoms with Gasteiger partial charge in [-0.25, -0.2) is 4.79 Å². The number of aromatic nitrogens is 1. The standard InChI is InChI=1S/C103H94N8O16/c112-93(68-123-80-54-50-78(51-55-80)106-99(118)90(59-70-48-52-79(53-49-70)122-64-71-30-10-2-11-31-71)111-102(121)126-67-86-84-45-24-22-43-82(84)83-44-23-25-46-85(83)86)107-88(56-57-94(113)127-103(75-36-16-5-17-37-75,76-38-18-6-19-39-76)77-40-20-7-21-41-77)98(117)109-91(60-74-62-104-87-47-27-26-42-81(74)87)100(119)110-92(61-95(114)124-65-72-32-12-3-13-33-72)101(120)108-89(58-69-28-8-1-9-29-69)97(116)105-63-96(115)125-66-73-34-14-4-15-35-73/h1-55,62,86,88-92,104H,56-61,63-68H2,(H,105,116)(H,106,118)(H,107,112)(H,108,120)(H,109,117)(H,110,119)(H,111,121)/t88-,89-,90-,91-,92-/m0/s1. The Balaban J connectivity index is 0.712. The van der Waals surface area contributed by atoms with E-state index in [0.29, 0.717) is 67.8 Å². The van der Waals surface area contributed by atoms with Crippen LogP contribution in [-0.4, -0.2) is 114 Å². The second-order valence-corrected chi connectivity index (χ2v) is 30.5. The summed E-state index contributed by atoms with van der Waals surface area (Å²) < 4.78 is 35.9. The maximum atomic E-state index is 15.6. The molecule has 127 heavy (non-hydrogen) atoms. The van der Waals surface area contributed by atoms with E-state index in [1.807, 2.05) is 194 Å². The predicted molar refractivity (Wildman–Crippen MR) is 478 cm³/mol. The molecule has 642 valence electrons. The second-order valence-electron chi connectivity index (χ2n) is 30.5. The van der Waals surface area contributed by atoms with Crippen LogP contribution in [0.15, 0.2) is 340 Å². The van der Waals surface area contributed by atoms with Crippen LogP contribution in [0.5, 0.6) is 11.5 Å². The zero-order chi connectivity index (χ0) is 88.1. The van der Waals surface area contributed by atoms with Crippen LogP contribution < -0.4 is 46.7 Å². The van der Waals surface area contributed by atoms with E-state index in [4.69, 9.17) is 28.4 Å². The Morgan fingerprint density at radius 2 is 0.803 bits per heavy atom. The molecule has 24 heteroatoms. The molecule has 0 saturated carbocycles. The van der Waals surface area contributed by atoms with Gasteiger partial charge in [-0.1, -0.05) is 291 Å². The first kappa shape index (κ1) is 87.6. The maximum absolute atomic E-state index is 15.6. The monoisotopic (exact) mass is 1700 g/mol. The van der Waals surface area contributed by atoms with Crippen molar-refractivity contribution in [2.45, 2.75) is 100 Å². The van der Waals surface area contributed by atoms with Gasteiger partial charge in [-0.3, -0.25) is 43.2 Å². The predicted octanol–water partition coefficient (Wildman–Crippen LogP) is 13.9. The number of alkyl carbamates (subject to hydrolysis) is 1. The van der Waals surface area contributed by atoms with Crippen molar-refractivity contribution in [2.75, 3.05) is 25.1 Å². The molecule has 0 fully saturated rings. The lowest BCUT2D eigenvalue weighted by Crippen LogP contribution is -2.59. The van der Waals surface area contributed by atoms with Crippen molar-refractivity contribution >= 4 is 76.0 Å². The first-order valence-corrected chi connectivity index (χ1v) is 41.8. The van der Waals surface area contributed by atoms with Gasteiger partial charge in [0.2, 0.25) is 29.5 Å². The highest BCUT2D eigenvalue weighted by molar-refractivity contribution is 5.99. The number of esters is 3. The van der Waals surface area contributed by atoms with Crippen molar-refractivity contribution < 1.29 is 76.4 Å². The number of aromatic amines is 1. The molecule has 13 aromatic rings. The first-order chi connectivity index (χ1) is 62.0. The lowest BCUT2D eigenvalue weighted by atomic mass is 9.80. The lowest BCUT2D eigenvalue weighted by molar-refractivity contribution is -0.154. The van der Waals surface area contributed by atoms with E-state index in [-0.39, 0.29) is 56.4 Å². The van der Waals surface area contributed by atoms with Crippen LogP contribution in [0, 0.1) is 0 Å². The van der Waals surface area contributed by atoms with Gasteiger partial charge in [0, 0.05) is 71.1 Å². The number of ether oxygens (including phenoxy) is 6. The number of amides is 7. The molecule has 5 atom stereocenters. The topological polar surface area (TPSA) is 326 Å². The molecule has 7 amide bonds.